The monoisotopic (exact) mass is 654 g/mol. The van der Waals surface area contributed by atoms with Gasteiger partial charge in [-0.1, -0.05) is 121 Å². The molecule has 0 radical (unpaired) electrons. The van der Waals surface area contributed by atoms with E-state index in [9.17, 15) is 0 Å². The molecule has 0 amide bonds. The van der Waals surface area contributed by atoms with Gasteiger partial charge in [-0.2, -0.15) is 0 Å². The van der Waals surface area contributed by atoms with E-state index in [2.05, 4.69) is 132 Å². The van der Waals surface area contributed by atoms with Crippen LogP contribution in [0.2, 0.25) is 0 Å². The van der Waals surface area contributed by atoms with Crippen molar-refractivity contribution in [3.63, 3.8) is 0 Å². The van der Waals surface area contributed by atoms with Crippen molar-refractivity contribution >= 4 is 60.9 Å². The molecule has 0 bridgehead atoms. The number of anilines is 3. The van der Waals surface area contributed by atoms with E-state index < -0.39 is 0 Å². The zero-order valence-corrected chi connectivity index (χ0v) is 27.5. The fourth-order valence-corrected chi connectivity index (χ4v) is 7.18. The standard InChI is InChI=1S/C47H30N2O2/c1-2-11-34(12-3-1)47-48-45-39(15-9-19-44(45)51-47)33-24-28-38(29-25-33)49(42-17-8-16-41-40-14-6-7-18-43(40)50-46(41)42)37-26-22-32(23-27-37)36-21-20-31-10-4-5-13-35(31)30-36/h1-30H. The van der Waals surface area contributed by atoms with Gasteiger partial charge in [0.2, 0.25) is 5.89 Å². The number of aromatic nitrogens is 1. The Morgan fingerprint density at radius 3 is 1.88 bits per heavy atom. The number of rotatable bonds is 6. The summed E-state index contributed by atoms with van der Waals surface area (Å²) in [6, 6.07) is 63.3. The van der Waals surface area contributed by atoms with Gasteiger partial charge in [-0.3, -0.25) is 0 Å². The van der Waals surface area contributed by atoms with Crippen molar-refractivity contribution in [3.05, 3.63) is 182 Å². The SMILES string of the molecule is c1ccc(-c2nc3c(-c4ccc(N(c5ccc(-c6ccc7ccccc7c6)cc5)c5cccc6c5oc5ccccc56)cc4)cccc3o2)cc1. The molecular formula is C47H30N2O2. The minimum absolute atomic E-state index is 0.618. The zero-order chi connectivity index (χ0) is 33.7. The van der Waals surface area contributed by atoms with Gasteiger partial charge < -0.3 is 13.7 Å². The summed E-state index contributed by atoms with van der Waals surface area (Å²) in [5.74, 6) is 0.618. The second-order valence-corrected chi connectivity index (χ2v) is 12.8. The number of benzene rings is 8. The molecule has 0 spiro atoms. The number of nitrogens with zero attached hydrogens (tertiary/aromatic N) is 2. The fourth-order valence-electron chi connectivity index (χ4n) is 7.18. The molecule has 0 fully saturated rings. The van der Waals surface area contributed by atoms with Crippen LogP contribution in [0.3, 0.4) is 0 Å². The van der Waals surface area contributed by atoms with Gasteiger partial charge in [0.1, 0.15) is 11.1 Å². The maximum absolute atomic E-state index is 6.56. The van der Waals surface area contributed by atoms with Gasteiger partial charge in [-0.15, -0.1) is 0 Å². The first-order chi connectivity index (χ1) is 25.3. The number of para-hydroxylation sites is 3. The fraction of sp³-hybridized carbons (Fsp3) is 0. The van der Waals surface area contributed by atoms with Crippen molar-refractivity contribution in [2.24, 2.45) is 0 Å². The van der Waals surface area contributed by atoms with Gasteiger partial charge in [0.05, 0.1) is 5.69 Å². The van der Waals surface area contributed by atoms with Gasteiger partial charge in [-0.05, 0) is 88.1 Å². The van der Waals surface area contributed by atoms with E-state index in [0.717, 1.165) is 72.4 Å². The van der Waals surface area contributed by atoms with Gasteiger partial charge >= 0.3 is 0 Å². The largest absolute Gasteiger partial charge is 0.454 e. The highest BCUT2D eigenvalue weighted by Gasteiger charge is 2.20. The smallest absolute Gasteiger partial charge is 0.227 e. The highest BCUT2D eigenvalue weighted by molar-refractivity contribution is 6.10. The van der Waals surface area contributed by atoms with Crippen LogP contribution in [0.4, 0.5) is 17.1 Å². The van der Waals surface area contributed by atoms with Crippen LogP contribution in [-0.2, 0) is 0 Å². The first kappa shape index (κ1) is 29.0. The van der Waals surface area contributed by atoms with Crippen molar-refractivity contribution < 1.29 is 8.83 Å². The van der Waals surface area contributed by atoms with Crippen LogP contribution in [0.1, 0.15) is 0 Å². The minimum atomic E-state index is 0.618. The Hall–Kier alpha value is -6.91. The first-order valence-electron chi connectivity index (χ1n) is 17.1. The molecule has 0 aliphatic heterocycles. The molecular weight excluding hydrogens is 625 g/mol. The predicted octanol–water partition coefficient (Wildman–Crippen LogP) is 13.4. The molecule has 2 aromatic heterocycles. The van der Waals surface area contributed by atoms with Crippen LogP contribution in [0.15, 0.2) is 191 Å². The molecule has 4 heteroatoms. The highest BCUT2D eigenvalue weighted by Crippen LogP contribution is 2.43. The molecule has 0 aliphatic rings. The lowest BCUT2D eigenvalue weighted by Crippen LogP contribution is -2.10. The third-order valence-electron chi connectivity index (χ3n) is 9.71. The van der Waals surface area contributed by atoms with E-state index in [1.807, 2.05) is 54.6 Å². The average molecular weight is 655 g/mol. The van der Waals surface area contributed by atoms with Crippen molar-refractivity contribution in [1.82, 2.24) is 4.98 Å². The van der Waals surface area contributed by atoms with E-state index in [1.54, 1.807) is 0 Å². The van der Waals surface area contributed by atoms with Crippen molar-refractivity contribution in [1.29, 1.82) is 0 Å². The summed E-state index contributed by atoms with van der Waals surface area (Å²) < 4.78 is 12.8. The molecule has 0 atom stereocenters. The van der Waals surface area contributed by atoms with Crippen LogP contribution < -0.4 is 4.90 Å². The quantitative estimate of drug-likeness (QED) is 0.179. The molecule has 4 nitrogen and oxygen atoms in total. The van der Waals surface area contributed by atoms with Gasteiger partial charge in [-0.25, -0.2) is 4.98 Å². The summed E-state index contributed by atoms with van der Waals surface area (Å²) in [7, 11) is 0. The van der Waals surface area contributed by atoms with Gasteiger partial charge in [0, 0.05) is 33.3 Å². The van der Waals surface area contributed by atoms with Crippen LogP contribution in [0, 0.1) is 0 Å². The third-order valence-corrected chi connectivity index (χ3v) is 9.71. The molecule has 10 aromatic rings. The second kappa shape index (κ2) is 11.9. The Balaban J connectivity index is 1.08. The topological polar surface area (TPSA) is 42.4 Å². The van der Waals surface area contributed by atoms with E-state index in [4.69, 9.17) is 13.8 Å². The lowest BCUT2D eigenvalue weighted by molar-refractivity contribution is 0.620. The Labute approximate surface area is 294 Å². The maximum atomic E-state index is 6.56. The number of hydrogen-bond donors (Lipinski definition) is 0. The highest BCUT2D eigenvalue weighted by atomic mass is 16.3. The minimum Gasteiger partial charge on any atom is -0.454 e. The Morgan fingerprint density at radius 2 is 1.06 bits per heavy atom. The summed E-state index contributed by atoms with van der Waals surface area (Å²) in [4.78, 5) is 7.21. The molecule has 0 unspecified atom stereocenters. The molecule has 0 saturated carbocycles. The van der Waals surface area contributed by atoms with E-state index in [0.29, 0.717) is 5.89 Å². The molecule has 0 saturated heterocycles. The van der Waals surface area contributed by atoms with E-state index in [-0.39, 0.29) is 0 Å². The summed E-state index contributed by atoms with van der Waals surface area (Å²) in [6.07, 6.45) is 0. The summed E-state index contributed by atoms with van der Waals surface area (Å²) in [5.41, 5.74) is 11.7. The van der Waals surface area contributed by atoms with Gasteiger partial charge in [0.15, 0.2) is 11.2 Å². The second-order valence-electron chi connectivity index (χ2n) is 12.8. The van der Waals surface area contributed by atoms with E-state index in [1.165, 1.54) is 16.3 Å². The van der Waals surface area contributed by atoms with E-state index >= 15 is 0 Å². The van der Waals surface area contributed by atoms with Crippen LogP contribution >= 0.6 is 0 Å². The Bertz CT molecular complexity index is 2850. The summed E-state index contributed by atoms with van der Waals surface area (Å²) in [6.45, 7) is 0. The van der Waals surface area contributed by atoms with Crippen LogP contribution in [0.5, 0.6) is 0 Å². The van der Waals surface area contributed by atoms with Crippen LogP contribution in [-0.4, -0.2) is 4.98 Å². The average Bonchev–Trinajstić information content (AvgIpc) is 3.82. The maximum Gasteiger partial charge on any atom is 0.227 e. The van der Waals surface area contributed by atoms with Crippen molar-refractivity contribution in [3.8, 4) is 33.7 Å². The van der Waals surface area contributed by atoms with Gasteiger partial charge in [0.25, 0.3) is 0 Å². The third kappa shape index (κ3) is 5.04. The molecule has 8 aromatic carbocycles. The zero-order valence-electron chi connectivity index (χ0n) is 27.5. The Kier molecular flexibility index (Phi) is 6.78. The number of furan rings is 1. The normalized spacial score (nSPS) is 11.5. The molecule has 2 heterocycles. The summed E-state index contributed by atoms with van der Waals surface area (Å²) in [5, 5.41) is 4.66. The molecule has 0 aliphatic carbocycles. The number of fused-ring (bicyclic) bond motifs is 5. The lowest BCUT2D eigenvalue weighted by atomic mass is 10.0. The first-order valence-corrected chi connectivity index (χ1v) is 17.1. The lowest BCUT2D eigenvalue weighted by Gasteiger charge is -2.26. The predicted molar refractivity (Wildman–Crippen MR) is 210 cm³/mol. The number of oxazole rings is 1. The molecule has 0 N–H and O–H groups in total. The summed E-state index contributed by atoms with van der Waals surface area (Å²) >= 11 is 0. The molecule has 51 heavy (non-hydrogen) atoms. The van der Waals surface area contributed by atoms with Crippen molar-refractivity contribution in [2.45, 2.75) is 0 Å². The Morgan fingerprint density at radius 1 is 0.412 bits per heavy atom. The molecule has 240 valence electrons. The van der Waals surface area contributed by atoms with Crippen molar-refractivity contribution in [2.75, 3.05) is 4.90 Å². The van der Waals surface area contributed by atoms with Crippen LogP contribution in [0.25, 0.3) is 77.5 Å². The number of hydrogen-bond acceptors (Lipinski definition) is 4. The molecule has 10 rings (SSSR count).